The van der Waals surface area contributed by atoms with Crippen LogP contribution in [0.5, 0.6) is 0 Å². The smallest absolute Gasteiger partial charge is 0.261 e. The molecule has 0 saturated carbocycles. The summed E-state index contributed by atoms with van der Waals surface area (Å²) >= 11 is 1.58. The Morgan fingerprint density at radius 1 is 1.04 bits per heavy atom. The van der Waals surface area contributed by atoms with Gasteiger partial charge in [0, 0.05) is 11.9 Å². The van der Waals surface area contributed by atoms with Gasteiger partial charge in [-0.3, -0.25) is 4.79 Å². The zero-order valence-corrected chi connectivity index (χ0v) is 18.6. The number of thiophene rings is 1. The molecule has 1 aliphatic rings. The minimum absolute atomic E-state index is 0.0161. The number of carbonyl (C=O) groups excluding carboxylic acids is 1. The first kappa shape index (κ1) is 24.4. The molecule has 1 amide bonds. The van der Waals surface area contributed by atoms with E-state index in [1.54, 1.807) is 29.5 Å². The summed E-state index contributed by atoms with van der Waals surface area (Å²) < 4.78 is 0. The van der Waals surface area contributed by atoms with Crippen molar-refractivity contribution in [2.45, 2.75) is 73.6 Å². The number of nitrogens with one attached hydrogen (secondary N) is 1. The summed E-state index contributed by atoms with van der Waals surface area (Å²) in [5, 5.41) is 2.61. The van der Waals surface area contributed by atoms with E-state index in [4.69, 9.17) is 0 Å². The van der Waals surface area contributed by atoms with E-state index in [9.17, 15) is 4.79 Å². The Bertz CT molecular complexity index is 631. The molecule has 3 heteroatoms. The van der Waals surface area contributed by atoms with Gasteiger partial charge in [0.25, 0.3) is 5.91 Å². The van der Waals surface area contributed by atoms with Gasteiger partial charge in [-0.05, 0) is 55.9 Å². The fraction of sp³-hybridized carbons (Fsp3) is 0.522. The number of hydrogen-bond acceptors (Lipinski definition) is 2. The second kappa shape index (κ2) is 14.5. The maximum atomic E-state index is 11.1. The monoisotopic (exact) mass is 375 g/mol. The molecule has 3 rings (SSSR count). The van der Waals surface area contributed by atoms with Crippen molar-refractivity contribution in [3.8, 4) is 0 Å². The first-order valence-electron chi connectivity index (χ1n) is 10.0. The average Bonchev–Trinajstić information content (AvgIpc) is 3.34. The second-order valence-electron chi connectivity index (χ2n) is 5.72. The van der Waals surface area contributed by atoms with Crippen molar-refractivity contribution >= 4 is 17.2 Å². The third-order valence-electron chi connectivity index (χ3n) is 3.86. The lowest BCUT2D eigenvalue weighted by Crippen LogP contribution is -2.15. The van der Waals surface area contributed by atoms with E-state index in [0.29, 0.717) is 0 Å². The van der Waals surface area contributed by atoms with Gasteiger partial charge in [-0.25, -0.2) is 0 Å². The van der Waals surface area contributed by atoms with Crippen molar-refractivity contribution < 1.29 is 4.79 Å². The Hall–Kier alpha value is -1.61. The van der Waals surface area contributed by atoms with Crippen molar-refractivity contribution in [2.75, 3.05) is 7.05 Å². The molecule has 26 heavy (non-hydrogen) atoms. The second-order valence-corrected chi connectivity index (χ2v) is 6.89. The molecular formula is C23H37NOS. The first-order chi connectivity index (χ1) is 12.6. The van der Waals surface area contributed by atoms with Crippen LogP contribution in [0.15, 0.2) is 30.3 Å². The van der Waals surface area contributed by atoms with E-state index < -0.39 is 0 Å². The Kier molecular flexibility index (Phi) is 13.6. The predicted octanol–water partition coefficient (Wildman–Crippen LogP) is 6.60. The van der Waals surface area contributed by atoms with Crippen LogP contribution in [0.25, 0.3) is 0 Å². The summed E-state index contributed by atoms with van der Waals surface area (Å²) in [5.74, 6) is 0.0161. The Morgan fingerprint density at radius 3 is 2.31 bits per heavy atom. The fourth-order valence-corrected chi connectivity index (χ4v) is 3.76. The molecule has 1 aromatic heterocycles. The van der Waals surface area contributed by atoms with Crippen LogP contribution in [0.4, 0.5) is 0 Å². The number of hydrogen-bond donors (Lipinski definition) is 1. The first-order valence-corrected chi connectivity index (χ1v) is 10.8. The van der Waals surface area contributed by atoms with E-state index in [1.165, 1.54) is 29.7 Å². The van der Waals surface area contributed by atoms with E-state index in [0.717, 1.165) is 17.7 Å². The van der Waals surface area contributed by atoms with Gasteiger partial charge < -0.3 is 5.32 Å². The normalized spacial score (nSPS) is 10.9. The Labute approximate surface area is 165 Å². The van der Waals surface area contributed by atoms with Gasteiger partial charge in [-0.1, -0.05) is 64.8 Å². The highest BCUT2D eigenvalue weighted by Crippen LogP contribution is 2.22. The molecule has 0 radical (unpaired) electrons. The molecule has 1 aromatic carbocycles. The maximum Gasteiger partial charge on any atom is 0.261 e. The lowest BCUT2D eigenvalue weighted by molar-refractivity contribution is 0.0967. The molecule has 0 spiro atoms. The number of benzene rings is 1. The fourth-order valence-electron chi connectivity index (χ4n) is 2.70. The molecule has 0 saturated heterocycles. The predicted molar refractivity (Wildman–Crippen MR) is 118 cm³/mol. The number of amides is 1. The number of fused-ring (bicyclic) bond motifs is 1. The summed E-state index contributed by atoms with van der Waals surface area (Å²) in [7, 11) is 1.65. The summed E-state index contributed by atoms with van der Waals surface area (Å²) in [5.41, 5.74) is 4.56. The van der Waals surface area contributed by atoms with Crippen LogP contribution in [-0.2, 0) is 19.3 Å². The van der Waals surface area contributed by atoms with E-state index >= 15 is 0 Å². The molecule has 1 aliphatic carbocycles. The van der Waals surface area contributed by atoms with Crippen LogP contribution in [0, 0.1) is 6.92 Å². The lowest BCUT2D eigenvalue weighted by Gasteiger charge is -1.98. The van der Waals surface area contributed by atoms with Crippen molar-refractivity contribution in [2.24, 2.45) is 0 Å². The lowest BCUT2D eigenvalue weighted by atomic mass is 10.1. The van der Waals surface area contributed by atoms with Crippen LogP contribution in [-0.4, -0.2) is 13.0 Å². The van der Waals surface area contributed by atoms with Gasteiger partial charge in [0.15, 0.2) is 0 Å². The van der Waals surface area contributed by atoms with E-state index in [-0.39, 0.29) is 5.91 Å². The summed E-state index contributed by atoms with van der Waals surface area (Å²) in [6, 6.07) is 10.7. The van der Waals surface area contributed by atoms with Crippen molar-refractivity contribution in [3.05, 3.63) is 56.8 Å². The number of carbonyl (C=O) groups is 1. The van der Waals surface area contributed by atoms with Crippen LogP contribution < -0.4 is 5.32 Å². The van der Waals surface area contributed by atoms with Crippen LogP contribution in [0.1, 0.15) is 78.7 Å². The molecule has 0 fully saturated rings. The summed E-state index contributed by atoms with van der Waals surface area (Å²) in [4.78, 5) is 13.2. The van der Waals surface area contributed by atoms with Crippen molar-refractivity contribution in [3.63, 3.8) is 0 Å². The quantitative estimate of drug-likeness (QED) is 0.643. The van der Waals surface area contributed by atoms with Gasteiger partial charge in [-0.15, -0.1) is 11.3 Å². The molecule has 0 unspecified atom stereocenters. The van der Waals surface area contributed by atoms with Crippen molar-refractivity contribution in [1.29, 1.82) is 0 Å². The standard InChI is InChI=1S/C10H12.C9H13NOS.2C2H6/c1-8-5-6-9-3-2-4-10(9)7-8;1-3-4-7-5-6-8(12-7)9(11)10-2;2*1-2/h5-7H,2-4H2,1H3;5-6H,3-4H2,1-2H3,(H,10,11);2*1-2H3. The largest absolute Gasteiger partial charge is 0.354 e. The van der Waals surface area contributed by atoms with Gasteiger partial charge in [-0.2, -0.15) is 0 Å². The third kappa shape index (κ3) is 8.18. The summed E-state index contributed by atoms with van der Waals surface area (Å²) in [6.07, 6.45) is 6.17. The van der Waals surface area contributed by atoms with Crippen molar-refractivity contribution in [1.82, 2.24) is 5.32 Å². The highest BCUT2D eigenvalue weighted by molar-refractivity contribution is 7.14. The van der Waals surface area contributed by atoms with Gasteiger partial charge in [0.05, 0.1) is 4.88 Å². The minimum atomic E-state index is 0.0161. The minimum Gasteiger partial charge on any atom is -0.354 e. The SMILES string of the molecule is CC.CC.CCCc1ccc(C(=O)NC)s1.Cc1ccc2c(c1)CCC2. The topological polar surface area (TPSA) is 29.1 Å². The highest BCUT2D eigenvalue weighted by atomic mass is 32.1. The molecule has 0 aliphatic heterocycles. The van der Waals surface area contributed by atoms with Gasteiger partial charge >= 0.3 is 0 Å². The molecular weight excluding hydrogens is 338 g/mol. The van der Waals surface area contributed by atoms with Gasteiger partial charge in [0.1, 0.15) is 0 Å². The van der Waals surface area contributed by atoms with E-state index in [2.05, 4.69) is 37.4 Å². The summed E-state index contributed by atoms with van der Waals surface area (Å²) in [6.45, 7) is 12.3. The highest BCUT2D eigenvalue weighted by Gasteiger charge is 2.08. The Morgan fingerprint density at radius 2 is 1.69 bits per heavy atom. The maximum absolute atomic E-state index is 11.1. The van der Waals surface area contributed by atoms with Crippen LogP contribution in [0.3, 0.4) is 0 Å². The van der Waals surface area contributed by atoms with Crippen LogP contribution in [0.2, 0.25) is 0 Å². The van der Waals surface area contributed by atoms with Crippen LogP contribution >= 0.6 is 11.3 Å². The third-order valence-corrected chi connectivity index (χ3v) is 5.01. The average molecular weight is 376 g/mol. The number of rotatable bonds is 3. The van der Waals surface area contributed by atoms with E-state index in [1.807, 2.05) is 39.8 Å². The molecule has 0 bridgehead atoms. The molecule has 2 aromatic rings. The van der Waals surface area contributed by atoms with Gasteiger partial charge in [0.2, 0.25) is 0 Å². The molecule has 0 atom stereocenters. The molecule has 1 heterocycles. The molecule has 2 nitrogen and oxygen atoms in total. The Balaban J connectivity index is 0.000000407. The zero-order valence-electron chi connectivity index (χ0n) is 17.7. The molecule has 1 N–H and O–H groups in total. The zero-order chi connectivity index (χ0) is 19.9. The number of aryl methyl sites for hydroxylation is 4. The molecule has 146 valence electrons.